The molecule has 0 aromatic carbocycles. The van der Waals surface area contributed by atoms with E-state index in [1.165, 1.54) is 0 Å². The summed E-state index contributed by atoms with van der Waals surface area (Å²) in [6.45, 7) is 6.17. The molecule has 30 heavy (non-hydrogen) atoms. The number of piperidine rings is 1. The zero-order valence-corrected chi connectivity index (χ0v) is 17.1. The van der Waals surface area contributed by atoms with Crippen LogP contribution >= 0.6 is 0 Å². The normalized spacial score (nSPS) is 18.0. The summed E-state index contributed by atoms with van der Waals surface area (Å²) in [6.07, 6.45) is 9.30. The third-order valence-corrected chi connectivity index (χ3v) is 5.95. The van der Waals surface area contributed by atoms with Crippen molar-refractivity contribution in [1.82, 2.24) is 19.9 Å². The van der Waals surface area contributed by atoms with Crippen molar-refractivity contribution in [2.24, 2.45) is 5.92 Å². The summed E-state index contributed by atoms with van der Waals surface area (Å²) in [5.74, 6) is 3.53. The van der Waals surface area contributed by atoms with Crippen LogP contribution in [0, 0.1) is 5.92 Å². The maximum Gasteiger partial charge on any atom is 0.144 e. The molecule has 8 nitrogen and oxygen atoms in total. The molecule has 0 bridgehead atoms. The van der Waals surface area contributed by atoms with E-state index >= 15 is 0 Å². The Labute approximate surface area is 176 Å². The van der Waals surface area contributed by atoms with Gasteiger partial charge in [-0.3, -0.25) is 9.97 Å². The fraction of sp³-hybridized carbons (Fsp3) is 0.455. The molecule has 2 saturated heterocycles. The monoisotopic (exact) mass is 405 g/mol. The Balaban J connectivity index is 1.31. The molecule has 0 spiro atoms. The molecule has 0 amide bonds. The van der Waals surface area contributed by atoms with Gasteiger partial charge >= 0.3 is 0 Å². The van der Waals surface area contributed by atoms with Crippen LogP contribution in [0.15, 0.2) is 43.0 Å². The van der Waals surface area contributed by atoms with E-state index < -0.39 is 0 Å². The van der Waals surface area contributed by atoms with Gasteiger partial charge in [0.25, 0.3) is 0 Å². The molecular weight excluding hydrogens is 378 g/mol. The SMILES string of the molecule is c1cnc2cc(N3CCOCC3)nc(N3CCC(CNc4cnccn4)CC3)c2c1. The number of anilines is 3. The van der Waals surface area contributed by atoms with Crippen LogP contribution in [-0.2, 0) is 4.74 Å². The number of ether oxygens (including phenoxy) is 1. The van der Waals surface area contributed by atoms with Crippen molar-refractivity contribution in [2.45, 2.75) is 12.8 Å². The topological polar surface area (TPSA) is 79.3 Å². The van der Waals surface area contributed by atoms with Gasteiger partial charge in [-0.15, -0.1) is 0 Å². The number of pyridine rings is 2. The van der Waals surface area contributed by atoms with Crippen molar-refractivity contribution in [2.75, 3.05) is 61.1 Å². The van der Waals surface area contributed by atoms with E-state index in [0.29, 0.717) is 5.92 Å². The lowest BCUT2D eigenvalue weighted by Gasteiger charge is -2.35. The third-order valence-electron chi connectivity index (χ3n) is 5.95. The van der Waals surface area contributed by atoms with E-state index in [4.69, 9.17) is 9.72 Å². The molecule has 5 heterocycles. The van der Waals surface area contributed by atoms with Crippen LogP contribution in [0.25, 0.3) is 10.9 Å². The lowest BCUT2D eigenvalue weighted by atomic mass is 9.96. The fourth-order valence-electron chi connectivity index (χ4n) is 4.23. The van der Waals surface area contributed by atoms with Crippen LogP contribution in [0.2, 0.25) is 0 Å². The molecule has 0 aliphatic carbocycles. The first-order valence-electron chi connectivity index (χ1n) is 10.7. The highest BCUT2D eigenvalue weighted by Crippen LogP contribution is 2.31. The summed E-state index contributed by atoms with van der Waals surface area (Å²) in [6, 6.07) is 6.25. The van der Waals surface area contributed by atoms with E-state index in [-0.39, 0.29) is 0 Å². The first-order chi connectivity index (χ1) is 14.9. The number of fused-ring (bicyclic) bond motifs is 1. The maximum absolute atomic E-state index is 5.51. The first kappa shape index (κ1) is 19.0. The molecule has 156 valence electrons. The van der Waals surface area contributed by atoms with Crippen molar-refractivity contribution in [1.29, 1.82) is 0 Å². The van der Waals surface area contributed by atoms with Crippen LogP contribution in [0.4, 0.5) is 17.5 Å². The first-order valence-corrected chi connectivity index (χ1v) is 10.7. The third kappa shape index (κ3) is 4.14. The molecule has 5 rings (SSSR count). The molecule has 0 unspecified atom stereocenters. The molecule has 8 heteroatoms. The molecule has 3 aromatic rings. The highest BCUT2D eigenvalue weighted by molar-refractivity contribution is 5.91. The Morgan fingerprint density at radius 2 is 1.87 bits per heavy atom. The van der Waals surface area contributed by atoms with E-state index in [0.717, 1.165) is 87.1 Å². The molecule has 2 aliphatic rings. The molecule has 0 atom stereocenters. The van der Waals surface area contributed by atoms with Crippen molar-refractivity contribution in [3.63, 3.8) is 0 Å². The molecule has 1 N–H and O–H groups in total. The Bertz CT molecular complexity index is 970. The van der Waals surface area contributed by atoms with Gasteiger partial charge in [-0.1, -0.05) is 0 Å². The summed E-state index contributed by atoms with van der Waals surface area (Å²) >= 11 is 0. The minimum absolute atomic E-state index is 0.620. The number of morpholine rings is 1. The highest BCUT2D eigenvalue weighted by atomic mass is 16.5. The smallest absolute Gasteiger partial charge is 0.144 e. The van der Waals surface area contributed by atoms with Crippen molar-refractivity contribution in [3.8, 4) is 0 Å². The van der Waals surface area contributed by atoms with Crippen LogP contribution in [0.1, 0.15) is 12.8 Å². The van der Waals surface area contributed by atoms with Gasteiger partial charge in [-0.25, -0.2) is 9.97 Å². The zero-order valence-electron chi connectivity index (χ0n) is 17.1. The second-order valence-corrected chi connectivity index (χ2v) is 7.88. The van der Waals surface area contributed by atoms with E-state index in [1.807, 2.05) is 12.3 Å². The number of aromatic nitrogens is 4. The molecule has 2 aliphatic heterocycles. The fourth-order valence-corrected chi connectivity index (χ4v) is 4.23. The molecule has 0 radical (unpaired) electrons. The number of hydrogen-bond donors (Lipinski definition) is 1. The zero-order chi connectivity index (χ0) is 20.2. The second kappa shape index (κ2) is 8.79. The van der Waals surface area contributed by atoms with Gasteiger partial charge in [0.2, 0.25) is 0 Å². The maximum atomic E-state index is 5.51. The standard InChI is InChI=1S/C22H27N7O/c1-2-18-19(24-5-1)14-21(28-10-12-30-13-11-28)27-22(18)29-8-3-17(4-9-29)15-26-20-16-23-6-7-25-20/h1-2,5-7,14,16-17H,3-4,8-13,15H2,(H,25,26). The van der Waals surface area contributed by atoms with E-state index in [9.17, 15) is 0 Å². The van der Waals surface area contributed by atoms with Crippen LogP contribution in [-0.4, -0.2) is 65.9 Å². The average Bonchev–Trinajstić information content (AvgIpc) is 2.83. The van der Waals surface area contributed by atoms with Gasteiger partial charge in [0.1, 0.15) is 17.5 Å². The summed E-state index contributed by atoms with van der Waals surface area (Å²) < 4.78 is 5.51. The lowest BCUT2D eigenvalue weighted by Crippen LogP contribution is -2.38. The van der Waals surface area contributed by atoms with Gasteiger partial charge in [-0.2, -0.15) is 0 Å². The Morgan fingerprint density at radius 1 is 1.00 bits per heavy atom. The Hall–Kier alpha value is -3.00. The van der Waals surface area contributed by atoms with Crippen molar-refractivity contribution >= 4 is 28.4 Å². The van der Waals surface area contributed by atoms with E-state index in [2.05, 4.69) is 42.2 Å². The summed E-state index contributed by atoms with van der Waals surface area (Å²) in [7, 11) is 0. The molecule has 0 saturated carbocycles. The minimum atomic E-state index is 0.620. The quantitative estimate of drug-likeness (QED) is 0.694. The number of rotatable bonds is 5. The number of nitrogens with zero attached hydrogens (tertiary/aromatic N) is 6. The predicted octanol–water partition coefficient (Wildman–Crippen LogP) is 2.58. The Morgan fingerprint density at radius 3 is 2.67 bits per heavy atom. The molecule has 2 fully saturated rings. The van der Waals surface area contributed by atoms with Gasteiger partial charge in [-0.05, 0) is 30.9 Å². The van der Waals surface area contributed by atoms with Gasteiger partial charge < -0.3 is 19.9 Å². The van der Waals surface area contributed by atoms with Crippen LogP contribution in [0.5, 0.6) is 0 Å². The number of hydrogen-bond acceptors (Lipinski definition) is 8. The van der Waals surface area contributed by atoms with Gasteiger partial charge in [0.15, 0.2) is 0 Å². The largest absolute Gasteiger partial charge is 0.378 e. The minimum Gasteiger partial charge on any atom is -0.378 e. The molecular formula is C22H27N7O. The second-order valence-electron chi connectivity index (χ2n) is 7.88. The van der Waals surface area contributed by atoms with E-state index in [1.54, 1.807) is 18.6 Å². The Kier molecular flexibility index (Phi) is 5.56. The van der Waals surface area contributed by atoms with Crippen LogP contribution < -0.4 is 15.1 Å². The number of nitrogens with one attached hydrogen (secondary N) is 1. The van der Waals surface area contributed by atoms with Crippen molar-refractivity contribution in [3.05, 3.63) is 43.0 Å². The average molecular weight is 406 g/mol. The van der Waals surface area contributed by atoms with Gasteiger partial charge in [0, 0.05) is 62.8 Å². The summed E-state index contributed by atoms with van der Waals surface area (Å²) in [5.41, 5.74) is 1.01. The van der Waals surface area contributed by atoms with Crippen molar-refractivity contribution < 1.29 is 4.74 Å². The summed E-state index contributed by atoms with van der Waals surface area (Å²) in [5, 5.41) is 4.54. The lowest BCUT2D eigenvalue weighted by molar-refractivity contribution is 0.122. The van der Waals surface area contributed by atoms with Crippen LogP contribution in [0.3, 0.4) is 0 Å². The molecule has 3 aromatic heterocycles. The van der Waals surface area contributed by atoms with Gasteiger partial charge in [0.05, 0.1) is 24.9 Å². The highest BCUT2D eigenvalue weighted by Gasteiger charge is 2.23. The summed E-state index contributed by atoms with van der Waals surface area (Å²) in [4.78, 5) is 22.9. The predicted molar refractivity (Wildman–Crippen MR) is 118 cm³/mol.